The molecule has 0 amide bonds. The monoisotopic (exact) mass is 234 g/mol. The minimum Gasteiger partial charge on any atom is -0.378 e. The quantitative estimate of drug-likeness (QED) is 0.884. The summed E-state index contributed by atoms with van der Waals surface area (Å²) in [6.07, 6.45) is 0. The molecule has 0 saturated carbocycles. The van der Waals surface area contributed by atoms with Crippen LogP contribution in [0.3, 0.4) is 0 Å². The Morgan fingerprint density at radius 3 is 3.06 bits per heavy atom. The molecule has 0 bridgehead atoms. The minimum atomic E-state index is -0.524. The number of hydrogen-bond donors (Lipinski definition) is 1. The topological polar surface area (TPSA) is 61.6 Å². The van der Waals surface area contributed by atoms with E-state index in [4.69, 9.17) is 5.26 Å². The van der Waals surface area contributed by atoms with Crippen molar-refractivity contribution in [2.24, 2.45) is 0 Å². The zero-order valence-electron chi connectivity index (χ0n) is 8.14. The third kappa shape index (κ3) is 2.15. The van der Waals surface area contributed by atoms with E-state index < -0.39 is 5.82 Å². The van der Waals surface area contributed by atoms with Crippen molar-refractivity contribution in [2.75, 3.05) is 5.32 Å². The zero-order chi connectivity index (χ0) is 11.4. The molecule has 0 saturated heterocycles. The van der Waals surface area contributed by atoms with E-state index in [1.54, 1.807) is 17.5 Å². The van der Waals surface area contributed by atoms with Gasteiger partial charge in [0, 0.05) is 5.38 Å². The molecule has 0 atom stereocenters. The molecule has 80 valence electrons. The van der Waals surface area contributed by atoms with Crippen LogP contribution < -0.4 is 5.32 Å². The molecule has 0 spiro atoms. The second kappa shape index (κ2) is 4.68. The van der Waals surface area contributed by atoms with E-state index in [2.05, 4.69) is 14.9 Å². The molecule has 0 aliphatic carbocycles. The highest BCUT2D eigenvalue weighted by atomic mass is 32.1. The third-order valence-electron chi connectivity index (χ3n) is 1.99. The van der Waals surface area contributed by atoms with E-state index in [1.807, 2.05) is 6.07 Å². The number of nitrogens with zero attached hydrogens (tertiary/aromatic N) is 3. The molecule has 2 rings (SSSR count). The molecule has 2 aromatic rings. The SMILES string of the molecule is N#Cc1c(F)cccc1NCc1csnn1. The van der Waals surface area contributed by atoms with Crippen LogP contribution in [-0.4, -0.2) is 9.59 Å². The molecule has 1 aromatic carbocycles. The van der Waals surface area contributed by atoms with Gasteiger partial charge in [0.2, 0.25) is 0 Å². The van der Waals surface area contributed by atoms with Crippen LogP contribution in [0.1, 0.15) is 11.3 Å². The molecule has 0 aliphatic rings. The van der Waals surface area contributed by atoms with Crippen LogP contribution in [0, 0.1) is 17.1 Å². The van der Waals surface area contributed by atoms with Crippen LogP contribution in [0.2, 0.25) is 0 Å². The van der Waals surface area contributed by atoms with E-state index in [9.17, 15) is 4.39 Å². The predicted molar refractivity (Wildman–Crippen MR) is 58.4 cm³/mol. The van der Waals surface area contributed by atoms with E-state index >= 15 is 0 Å². The van der Waals surface area contributed by atoms with Crippen molar-refractivity contribution in [3.05, 3.63) is 40.7 Å². The first kappa shape index (κ1) is 10.5. The Kier molecular flexibility index (Phi) is 3.08. The Hall–Kier alpha value is -2.00. The maximum Gasteiger partial charge on any atom is 0.143 e. The highest BCUT2D eigenvalue weighted by Gasteiger charge is 2.07. The predicted octanol–water partition coefficient (Wildman–Crippen LogP) is 2.16. The van der Waals surface area contributed by atoms with Gasteiger partial charge in [0.05, 0.1) is 17.9 Å². The molecule has 1 aromatic heterocycles. The van der Waals surface area contributed by atoms with Gasteiger partial charge in [-0.05, 0) is 23.7 Å². The Bertz CT molecular complexity index is 518. The summed E-state index contributed by atoms with van der Waals surface area (Å²) in [5.74, 6) is -0.524. The summed E-state index contributed by atoms with van der Waals surface area (Å²) >= 11 is 1.25. The van der Waals surface area contributed by atoms with E-state index in [1.165, 1.54) is 17.6 Å². The number of nitrogens with one attached hydrogen (secondary N) is 1. The molecule has 0 radical (unpaired) electrons. The molecular weight excluding hydrogens is 227 g/mol. The molecule has 6 heteroatoms. The molecular formula is C10H7FN4S. The van der Waals surface area contributed by atoms with Crippen molar-refractivity contribution in [1.29, 1.82) is 5.26 Å². The van der Waals surface area contributed by atoms with Crippen molar-refractivity contribution >= 4 is 17.2 Å². The lowest BCUT2D eigenvalue weighted by Crippen LogP contribution is -2.02. The number of aromatic nitrogens is 2. The van der Waals surface area contributed by atoms with E-state index in [0.717, 1.165) is 5.69 Å². The van der Waals surface area contributed by atoms with Crippen LogP contribution in [0.25, 0.3) is 0 Å². The fourth-order valence-corrected chi connectivity index (χ4v) is 1.68. The molecule has 16 heavy (non-hydrogen) atoms. The van der Waals surface area contributed by atoms with Gasteiger partial charge in [-0.1, -0.05) is 10.6 Å². The standard InChI is InChI=1S/C10H7FN4S/c11-9-2-1-3-10(8(9)4-12)13-5-7-6-16-15-14-7/h1-3,6,13H,5H2. The van der Waals surface area contributed by atoms with Gasteiger partial charge in [-0.25, -0.2) is 4.39 Å². The highest BCUT2D eigenvalue weighted by Crippen LogP contribution is 2.18. The summed E-state index contributed by atoms with van der Waals surface area (Å²) < 4.78 is 16.9. The fourth-order valence-electron chi connectivity index (χ4n) is 1.23. The minimum absolute atomic E-state index is 0.0192. The van der Waals surface area contributed by atoms with Crippen molar-refractivity contribution < 1.29 is 4.39 Å². The van der Waals surface area contributed by atoms with Crippen molar-refractivity contribution in [1.82, 2.24) is 9.59 Å². The number of halogens is 1. The maximum absolute atomic E-state index is 13.2. The molecule has 4 nitrogen and oxygen atoms in total. The van der Waals surface area contributed by atoms with Gasteiger partial charge >= 0.3 is 0 Å². The Balaban J connectivity index is 2.16. The van der Waals surface area contributed by atoms with Crippen molar-refractivity contribution in [2.45, 2.75) is 6.54 Å². The van der Waals surface area contributed by atoms with E-state index in [-0.39, 0.29) is 5.56 Å². The number of rotatable bonds is 3. The highest BCUT2D eigenvalue weighted by molar-refractivity contribution is 7.03. The van der Waals surface area contributed by atoms with Crippen molar-refractivity contribution in [3.8, 4) is 6.07 Å². The van der Waals surface area contributed by atoms with Crippen molar-refractivity contribution in [3.63, 3.8) is 0 Å². The number of nitriles is 1. The molecule has 1 heterocycles. The smallest absolute Gasteiger partial charge is 0.143 e. The average Bonchev–Trinajstić information content (AvgIpc) is 2.79. The number of hydrogen-bond acceptors (Lipinski definition) is 5. The van der Waals surface area contributed by atoms with Gasteiger partial charge in [0.25, 0.3) is 0 Å². The fraction of sp³-hybridized carbons (Fsp3) is 0.100. The lowest BCUT2D eigenvalue weighted by molar-refractivity contribution is 0.624. The lowest BCUT2D eigenvalue weighted by atomic mass is 10.2. The summed E-state index contributed by atoms with van der Waals surface area (Å²) in [4.78, 5) is 0. The van der Waals surface area contributed by atoms with Crippen LogP contribution in [0.5, 0.6) is 0 Å². The Morgan fingerprint density at radius 1 is 1.50 bits per heavy atom. The first-order valence-corrected chi connectivity index (χ1v) is 5.33. The average molecular weight is 234 g/mol. The molecule has 0 fully saturated rings. The van der Waals surface area contributed by atoms with Gasteiger partial charge in [-0.2, -0.15) is 5.26 Å². The van der Waals surface area contributed by atoms with Crippen LogP contribution in [0.15, 0.2) is 23.6 Å². The Morgan fingerprint density at radius 2 is 2.38 bits per heavy atom. The van der Waals surface area contributed by atoms with Gasteiger partial charge < -0.3 is 5.32 Å². The van der Waals surface area contributed by atoms with Gasteiger partial charge in [0.1, 0.15) is 17.4 Å². The maximum atomic E-state index is 13.2. The zero-order valence-corrected chi connectivity index (χ0v) is 8.96. The van der Waals surface area contributed by atoms with Crippen LogP contribution >= 0.6 is 11.5 Å². The second-order valence-corrected chi connectivity index (χ2v) is 3.63. The molecule has 0 unspecified atom stereocenters. The molecule has 1 N–H and O–H groups in total. The first-order chi connectivity index (χ1) is 7.81. The number of benzene rings is 1. The van der Waals surface area contributed by atoms with E-state index in [0.29, 0.717) is 12.2 Å². The summed E-state index contributed by atoms with van der Waals surface area (Å²) in [5.41, 5.74) is 1.25. The van der Waals surface area contributed by atoms with Gasteiger partial charge in [0.15, 0.2) is 0 Å². The van der Waals surface area contributed by atoms with Gasteiger partial charge in [-0.15, -0.1) is 5.10 Å². The first-order valence-electron chi connectivity index (χ1n) is 4.49. The van der Waals surface area contributed by atoms with Crippen LogP contribution in [0.4, 0.5) is 10.1 Å². The second-order valence-electron chi connectivity index (χ2n) is 3.02. The van der Waals surface area contributed by atoms with Gasteiger partial charge in [-0.3, -0.25) is 0 Å². The lowest BCUT2D eigenvalue weighted by Gasteiger charge is -2.06. The normalized spacial score (nSPS) is 9.75. The summed E-state index contributed by atoms with van der Waals surface area (Å²) in [6.45, 7) is 0.425. The number of anilines is 1. The summed E-state index contributed by atoms with van der Waals surface area (Å²) in [7, 11) is 0. The van der Waals surface area contributed by atoms with Crippen LogP contribution in [-0.2, 0) is 6.54 Å². The Labute approximate surface area is 95.5 Å². The summed E-state index contributed by atoms with van der Waals surface area (Å²) in [6, 6.07) is 6.29. The summed E-state index contributed by atoms with van der Waals surface area (Å²) in [5, 5.41) is 17.4. The molecule has 0 aliphatic heterocycles. The largest absolute Gasteiger partial charge is 0.378 e. The third-order valence-corrected chi connectivity index (χ3v) is 2.54.